The van der Waals surface area contributed by atoms with E-state index in [4.69, 9.17) is 9.47 Å². The Hall–Kier alpha value is -2.32. The molecule has 0 aromatic heterocycles. The second-order valence-electron chi connectivity index (χ2n) is 7.28. The van der Waals surface area contributed by atoms with E-state index in [1.165, 1.54) is 11.1 Å². The molecule has 0 saturated carbocycles. The lowest BCUT2D eigenvalue weighted by Crippen LogP contribution is -2.53. The number of nitrogens with one attached hydrogen (secondary N) is 1. The largest absolute Gasteiger partial charge is 0.450 e. The van der Waals surface area contributed by atoms with Crippen LogP contribution in [0.1, 0.15) is 18.1 Å². The minimum atomic E-state index is -0.229. The molecule has 1 aromatic carbocycles. The third-order valence-corrected chi connectivity index (χ3v) is 5.30. The Labute approximate surface area is 173 Å². The molecule has 29 heavy (non-hydrogen) atoms. The van der Waals surface area contributed by atoms with Crippen molar-refractivity contribution in [2.45, 2.75) is 20.0 Å². The number of hydrogen-bond acceptors (Lipinski definition) is 5. The van der Waals surface area contributed by atoms with Gasteiger partial charge in [-0.1, -0.05) is 24.3 Å². The zero-order valence-corrected chi connectivity index (χ0v) is 17.6. The monoisotopic (exact) mass is 403 g/mol. The van der Waals surface area contributed by atoms with E-state index in [0.29, 0.717) is 19.7 Å². The Morgan fingerprint density at radius 3 is 2.28 bits per heavy atom. The van der Waals surface area contributed by atoms with Crippen molar-refractivity contribution < 1.29 is 14.3 Å². The Kier molecular flexibility index (Phi) is 8.13. The minimum Gasteiger partial charge on any atom is -0.450 e. The summed E-state index contributed by atoms with van der Waals surface area (Å²) in [5, 5.41) is 3.44. The average Bonchev–Trinajstić information content (AvgIpc) is 2.76. The predicted molar refractivity (Wildman–Crippen MR) is 113 cm³/mol. The van der Waals surface area contributed by atoms with Gasteiger partial charge in [0, 0.05) is 59.4 Å². The first-order valence-electron chi connectivity index (χ1n) is 10.4. The van der Waals surface area contributed by atoms with Gasteiger partial charge in [0.25, 0.3) is 0 Å². The summed E-state index contributed by atoms with van der Waals surface area (Å²) in [5.41, 5.74) is 2.55. The maximum Gasteiger partial charge on any atom is 0.409 e. The van der Waals surface area contributed by atoms with Crippen molar-refractivity contribution in [3.63, 3.8) is 0 Å². The summed E-state index contributed by atoms with van der Waals surface area (Å²) in [7, 11) is 1.80. The van der Waals surface area contributed by atoms with Gasteiger partial charge < -0.3 is 24.6 Å². The molecule has 0 aliphatic carbocycles. The molecule has 2 fully saturated rings. The first kappa shape index (κ1) is 21.4. The molecule has 1 aromatic rings. The molecule has 8 nitrogen and oxygen atoms in total. The molecule has 2 aliphatic rings. The zero-order valence-electron chi connectivity index (χ0n) is 17.6. The van der Waals surface area contributed by atoms with E-state index in [-0.39, 0.29) is 6.09 Å². The topological polar surface area (TPSA) is 69.6 Å². The fourth-order valence-corrected chi connectivity index (χ4v) is 3.61. The molecule has 8 heteroatoms. The van der Waals surface area contributed by atoms with Crippen molar-refractivity contribution in [2.24, 2.45) is 4.99 Å². The number of morpholine rings is 1. The average molecular weight is 404 g/mol. The van der Waals surface area contributed by atoms with Gasteiger partial charge in [0.15, 0.2) is 5.96 Å². The molecule has 2 saturated heterocycles. The molecule has 0 spiro atoms. The number of hydrogen-bond donors (Lipinski definition) is 1. The normalized spacial score (nSPS) is 18.6. The highest BCUT2D eigenvalue weighted by Gasteiger charge is 2.23. The summed E-state index contributed by atoms with van der Waals surface area (Å²) in [5.74, 6) is 0.867. The van der Waals surface area contributed by atoms with Crippen LogP contribution in [0.5, 0.6) is 0 Å². The fourth-order valence-electron chi connectivity index (χ4n) is 3.61. The van der Waals surface area contributed by atoms with Gasteiger partial charge in [0.05, 0.1) is 19.8 Å². The van der Waals surface area contributed by atoms with Gasteiger partial charge in [0.1, 0.15) is 0 Å². The lowest BCUT2D eigenvalue weighted by Gasteiger charge is -2.35. The van der Waals surface area contributed by atoms with Gasteiger partial charge in [-0.05, 0) is 18.1 Å². The number of amides is 1. The Bertz CT molecular complexity index is 665. The van der Waals surface area contributed by atoms with Gasteiger partial charge >= 0.3 is 6.09 Å². The van der Waals surface area contributed by atoms with E-state index in [0.717, 1.165) is 58.4 Å². The number of ether oxygens (including phenoxy) is 2. The highest BCUT2D eigenvalue weighted by atomic mass is 16.6. The van der Waals surface area contributed by atoms with Crippen LogP contribution >= 0.6 is 0 Å². The molecular formula is C21H33N5O3. The molecule has 0 bridgehead atoms. The second-order valence-corrected chi connectivity index (χ2v) is 7.28. The van der Waals surface area contributed by atoms with E-state index in [1.54, 1.807) is 11.9 Å². The number of piperazine rings is 1. The van der Waals surface area contributed by atoms with Crippen LogP contribution in [0, 0.1) is 0 Å². The maximum absolute atomic E-state index is 11.8. The second kappa shape index (κ2) is 11.0. The van der Waals surface area contributed by atoms with Crippen molar-refractivity contribution >= 4 is 12.1 Å². The molecule has 3 rings (SSSR count). The Morgan fingerprint density at radius 2 is 1.66 bits per heavy atom. The molecule has 0 radical (unpaired) electrons. The zero-order chi connectivity index (χ0) is 20.5. The maximum atomic E-state index is 11.8. The molecule has 1 amide bonds. The molecule has 160 valence electrons. The quantitative estimate of drug-likeness (QED) is 0.592. The Morgan fingerprint density at radius 1 is 1.03 bits per heavy atom. The number of carbonyl (C=O) groups is 1. The standard InChI is InChI=1S/C21H33N5O3/c1-3-29-21(27)26-10-8-25(9-11-26)20(22-2)23-16-18-4-6-19(7-5-18)17-24-12-14-28-15-13-24/h4-7H,3,8-17H2,1-2H3,(H,22,23). The first-order valence-corrected chi connectivity index (χ1v) is 10.4. The van der Waals surface area contributed by atoms with Crippen LogP contribution in [-0.2, 0) is 22.6 Å². The lowest BCUT2D eigenvalue weighted by molar-refractivity contribution is 0.0342. The van der Waals surface area contributed by atoms with E-state index in [1.807, 2.05) is 6.92 Å². The SMILES string of the molecule is CCOC(=O)N1CCN(C(=NC)NCc2ccc(CN3CCOCC3)cc2)CC1. The molecule has 0 atom stereocenters. The van der Waals surface area contributed by atoms with Crippen molar-refractivity contribution in [1.82, 2.24) is 20.0 Å². The highest BCUT2D eigenvalue weighted by Crippen LogP contribution is 2.10. The fraction of sp³-hybridized carbons (Fsp3) is 0.619. The lowest BCUT2D eigenvalue weighted by atomic mass is 10.1. The molecular weight excluding hydrogens is 370 g/mol. The number of carbonyl (C=O) groups excluding carboxylic acids is 1. The number of benzene rings is 1. The number of nitrogens with zero attached hydrogens (tertiary/aromatic N) is 4. The molecule has 2 aliphatic heterocycles. The van der Waals surface area contributed by atoms with Crippen LogP contribution in [0.2, 0.25) is 0 Å². The first-order chi connectivity index (χ1) is 14.2. The van der Waals surface area contributed by atoms with E-state index in [9.17, 15) is 4.79 Å². The number of rotatable bonds is 5. The van der Waals surface area contributed by atoms with Gasteiger partial charge in [-0.15, -0.1) is 0 Å². The van der Waals surface area contributed by atoms with Crippen LogP contribution in [0.15, 0.2) is 29.3 Å². The molecule has 0 unspecified atom stereocenters. The van der Waals surface area contributed by atoms with E-state index >= 15 is 0 Å². The van der Waals surface area contributed by atoms with Crippen molar-refractivity contribution in [1.29, 1.82) is 0 Å². The van der Waals surface area contributed by atoms with E-state index < -0.39 is 0 Å². The predicted octanol–water partition coefficient (Wildman–Crippen LogP) is 1.37. The van der Waals surface area contributed by atoms with Gasteiger partial charge in [-0.3, -0.25) is 9.89 Å². The summed E-state index contributed by atoms with van der Waals surface area (Å²) < 4.78 is 10.5. The van der Waals surface area contributed by atoms with Gasteiger partial charge in [-0.25, -0.2) is 4.79 Å². The molecule has 2 heterocycles. The van der Waals surface area contributed by atoms with Gasteiger partial charge in [0.2, 0.25) is 0 Å². The van der Waals surface area contributed by atoms with Gasteiger partial charge in [-0.2, -0.15) is 0 Å². The molecule has 1 N–H and O–H groups in total. The number of aliphatic imine (C=N–C) groups is 1. The third-order valence-electron chi connectivity index (χ3n) is 5.30. The third kappa shape index (κ3) is 6.33. The van der Waals surface area contributed by atoms with Crippen LogP contribution in [0.25, 0.3) is 0 Å². The van der Waals surface area contributed by atoms with Crippen LogP contribution in [0.4, 0.5) is 4.79 Å². The van der Waals surface area contributed by atoms with Crippen LogP contribution in [0.3, 0.4) is 0 Å². The van der Waals surface area contributed by atoms with Crippen LogP contribution < -0.4 is 5.32 Å². The van der Waals surface area contributed by atoms with E-state index in [2.05, 4.69) is 44.4 Å². The van der Waals surface area contributed by atoms with Crippen molar-refractivity contribution in [2.75, 3.05) is 66.1 Å². The summed E-state index contributed by atoms with van der Waals surface area (Å²) >= 11 is 0. The summed E-state index contributed by atoms with van der Waals surface area (Å²) in [6.07, 6.45) is -0.229. The van der Waals surface area contributed by atoms with Crippen molar-refractivity contribution in [3.8, 4) is 0 Å². The van der Waals surface area contributed by atoms with Crippen molar-refractivity contribution in [3.05, 3.63) is 35.4 Å². The number of guanidine groups is 1. The Balaban J connectivity index is 1.44. The highest BCUT2D eigenvalue weighted by molar-refractivity contribution is 5.80. The summed E-state index contributed by atoms with van der Waals surface area (Å²) in [6.45, 7) is 10.4. The minimum absolute atomic E-state index is 0.229. The van der Waals surface area contributed by atoms with Crippen LogP contribution in [-0.4, -0.2) is 92.9 Å². The smallest absolute Gasteiger partial charge is 0.409 e. The summed E-state index contributed by atoms with van der Waals surface area (Å²) in [6, 6.07) is 8.75. The summed E-state index contributed by atoms with van der Waals surface area (Å²) in [4.78, 5) is 22.6.